The quantitative estimate of drug-likeness (QED) is 0.776. The number of anilines is 1. The first-order chi connectivity index (χ1) is 10.2. The van der Waals surface area contributed by atoms with Crippen molar-refractivity contribution in [1.29, 1.82) is 0 Å². The van der Waals surface area contributed by atoms with Crippen molar-refractivity contribution in [3.63, 3.8) is 0 Å². The second kappa shape index (κ2) is 5.37. The number of carbonyl (C=O) groups excluding carboxylic acids is 1. The van der Waals surface area contributed by atoms with Gasteiger partial charge in [0, 0.05) is 0 Å². The van der Waals surface area contributed by atoms with E-state index in [1.165, 1.54) is 12.7 Å². The number of benzene rings is 1. The number of aromatic amines is 1. The number of aromatic nitrogens is 5. The van der Waals surface area contributed by atoms with Crippen LogP contribution >= 0.6 is 11.6 Å². The van der Waals surface area contributed by atoms with Crippen LogP contribution in [0.25, 0.3) is 5.82 Å². The van der Waals surface area contributed by atoms with Crippen LogP contribution in [-0.2, 0) is 0 Å². The van der Waals surface area contributed by atoms with Crippen LogP contribution in [0.15, 0.2) is 36.9 Å². The number of carbonyl (C=O) groups is 1. The molecule has 21 heavy (non-hydrogen) atoms. The molecule has 0 atom stereocenters. The van der Waals surface area contributed by atoms with Crippen molar-refractivity contribution in [1.82, 2.24) is 25.0 Å². The number of nitrogens with one attached hydrogen (secondary N) is 2. The maximum absolute atomic E-state index is 12.3. The monoisotopic (exact) mass is 302 g/mol. The molecular formula is C13H11ClN6O. The second-order valence-electron chi connectivity index (χ2n) is 4.35. The Morgan fingerprint density at radius 1 is 1.29 bits per heavy atom. The van der Waals surface area contributed by atoms with E-state index in [0.29, 0.717) is 22.1 Å². The van der Waals surface area contributed by atoms with Crippen LogP contribution in [0.1, 0.15) is 16.1 Å². The summed E-state index contributed by atoms with van der Waals surface area (Å²) in [5.41, 5.74) is 1.67. The third-order valence-corrected chi connectivity index (χ3v) is 3.28. The van der Waals surface area contributed by atoms with Crippen LogP contribution in [0.2, 0.25) is 5.02 Å². The number of amides is 1. The highest BCUT2D eigenvalue weighted by molar-refractivity contribution is 6.34. The van der Waals surface area contributed by atoms with Gasteiger partial charge in [0.2, 0.25) is 0 Å². The van der Waals surface area contributed by atoms with E-state index in [9.17, 15) is 4.79 Å². The largest absolute Gasteiger partial charge is 0.317 e. The van der Waals surface area contributed by atoms with E-state index < -0.39 is 0 Å². The first-order valence-electron chi connectivity index (χ1n) is 6.12. The predicted molar refractivity (Wildman–Crippen MR) is 77.6 cm³/mol. The molecule has 2 heterocycles. The Morgan fingerprint density at radius 2 is 2.00 bits per heavy atom. The minimum atomic E-state index is -0.306. The molecule has 0 radical (unpaired) electrons. The molecule has 106 valence electrons. The van der Waals surface area contributed by atoms with Crippen molar-refractivity contribution in [2.75, 3.05) is 5.32 Å². The van der Waals surface area contributed by atoms with Crippen molar-refractivity contribution in [2.24, 2.45) is 0 Å². The minimum Gasteiger partial charge on any atom is -0.317 e. The van der Waals surface area contributed by atoms with Crippen molar-refractivity contribution in [3.8, 4) is 5.82 Å². The molecule has 1 amide bonds. The Kier molecular flexibility index (Phi) is 3.41. The molecule has 0 bridgehead atoms. The van der Waals surface area contributed by atoms with Gasteiger partial charge in [-0.15, -0.1) is 10.2 Å². The standard InChI is InChI=1S/C13H11ClN6O/c1-8-11(12(19-18-8)20-6-15-16-7-20)17-13(21)9-4-2-3-5-10(9)14/h2-7H,1H3,(H,17,21)(H,18,19). The zero-order valence-electron chi connectivity index (χ0n) is 11.0. The minimum absolute atomic E-state index is 0.306. The Labute approximate surface area is 125 Å². The van der Waals surface area contributed by atoms with Gasteiger partial charge in [-0.1, -0.05) is 23.7 Å². The number of H-pyrrole nitrogens is 1. The highest BCUT2D eigenvalue weighted by Gasteiger charge is 2.17. The summed E-state index contributed by atoms with van der Waals surface area (Å²) in [4.78, 5) is 12.3. The molecule has 7 nitrogen and oxygen atoms in total. The van der Waals surface area contributed by atoms with Gasteiger partial charge < -0.3 is 5.32 Å². The lowest BCUT2D eigenvalue weighted by Gasteiger charge is -2.07. The molecule has 0 fully saturated rings. The van der Waals surface area contributed by atoms with Gasteiger partial charge in [0.05, 0.1) is 16.3 Å². The summed E-state index contributed by atoms with van der Waals surface area (Å²) >= 11 is 6.03. The van der Waals surface area contributed by atoms with Crippen LogP contribution in [0.4, 0.5) is 5.69 Å². The molecule has 0 saturated heterocycles. The normalized spacial score (nSPS) is 10.6. The SMILES string of the molecule is Cc1[nH]nc(-n2cnnc2)c1NC(=O)c1ccccc1Cl. The van der Waals surface area contributed by atoms with Crippen molar-refractivity contribution in [3.05, 3.63) is 53.2 Å². The molecule has 0 saturated carbocycles. The highest BCUT2D eigenvalue weighted by Crippen LogP contribution is 2.23. The lowest BCUT2D eigenvalue weighted by Crippen LogP contribution is -2.14. The Hall–Kier alpha value is -2.67. The summed E-state index contributed by atoms with van der Waals surface area (Å²) in [5, 5.41) is 17.6. The summed E-state index contributed by atoms with van der Waals surface area (Å²) in [6, 6.07) is 6.85. The number of hydrogen-bond donors (Lipinski definition) is 2. The van der Waals surface area contributed by atoms with Gasteiger partial charge >= 0.3 is 0 Å². The molecule has 3 aromatic rings. The molecule has 1 aromatic carbocycles. The van der Waals surface area contributed by atoms with E-state index >= 15 is 0 Å². The summed E-state index contributed by atoms with van der Waals surface area (Å²) < 4.78 is 1.60. The first kappa shape index (κ1) is 13.3. The van der Waals surface area contributed by atoms with E-state index in [2.05, 4.69) is 25.7 Å². The Balaban J connectivity index is 1.94. The van der Waals surface area contributed by atoms with Crippen molar-refractivity contribution >= 4 is 23.2 Å². The first-order valence-corrected chi connectivity index (χ1v) is 6.50. The van der Waals surface area contributed by atoms with Crippen LogP contribution in [0.5, 0.6) is 0 Å². The molecule has 0 spiro atoms. The van der Waals surface area contributed by atoms with Crippen LogP contribution < -0.4 is 5.32 Å². The second-order valence-corrected chi connectivity index (χ2v) is 4.76. The summed E-state index contributed by atoms with van der Waals surface area (Å²) in [5.74, 6) is 0.206. The van der Waals surface area contributed by atoms with E-state index in [1.807, 2.05) is 6.92 Å². The van der Waals surface area contributed by atoms with Crippen LogP contribution in [0, 0.1) is 6.92 Å². The average molecular weight is 303 g/mol. The van der Waals surface area contributed by atoms with Crippen molar-refractivity contribution < 1.29 is 4.79 Å². The van der Waals surface area contributed by atoms with Crippen LogP contribution in [0.3, 0.4) is 0 Å². The molecular weight excluding hydrogens is 292 g/mol. The van der Waals surface area contributed by atoms with Gasteiger partial charge in [0.1, 0.15) is 18.3 Å². The van der Waals surface area contributed by atoms with Crippen LogP contribution in [-0.4, -0.2) is 30.9 Å². The van der Waals surface area contributed by atoms with E-state index in [1.54, 1.807) is 28.8 Å². The van der Waals surface area contributed by atoms with Gasteiger partial charge in [-0.05, 0) is 19.1 Å². The maximum Gasteiger partial charge on any atom is 0.257 e. The Morgan fingerprint density at radius 3 is 2.71 bits per heavy atom. The summed E-state index contributed by atoms with van der Waals surface area (Å²) in [6.45, 7) is 1.81. The van der Waals surface area contributed by atoms with Gasteiger partial charge in [0.15, 0.2) is 5.82 Å². The lowest BCUT2D eigenvalue weighted by molar-refractivity contribution is 0.102. The third-order valence-electron chi connectivity index (χ3n) is 2.95. The number of halogens is 1. The fourth-order valence-electron chi connectivity index (χ4n) is 1.89. The van der Waals surface area contributed by atoms with Gasteiger partial charge in [-0.25, -0.2) is 0 Å². The maximum atomic E-state index is 12.3. The number of nitrogens with zero attached hydrogens (tertiary/aromatic N) is 4. The fraction of sp³-hybridized carbons (Fsp3) is 0.0769. The molecule has 2 N–H and O–H groups in total. The zero-order chi connectivity index (χ0) is 14.8. The molecule has 2 aromatic heterocycles. The lowest BCUT2D eigenvalue weighted by atomic mass is 10.2. The highest BCUT2D eigenvalue weighted by atomic mass is 35.5. The fourth-order valence-corrected chi connectivity index (χ4v) is 2.11. The third kappa shape index (κ3) is 2.50. The molecule has 3 rings (SSSR count). The topological polar surface area (TPSA) is 88.5 Å². The van der Waals surface area contributed by atoms with Gasteiger partial charge in [-0.3, -0.25) is 14.5 Å². The molecule has 0 unspecified atom stereocenters. The summed E-state index contributed by atoms with van der Waals surface area (Å²) in [7, 11) is 0. The molecule has 0 aliphatic rings. The number of hydrogen-bond acceptors (Lipinski definition) is 4. The van der Waals surface area contributed by atoms with Gasteiger partial charge in [0.25, 0.3) is 5.91 Å². The van der Waals surface area contributed by atoms with E-state index in [0.717, 1.165) is 5.69 Å². The van der Waals surface area contributed by atoms with E-state index in [4.69, 9.17) is 11.6 Å². The molecule has 0 aliphatic carbocycles. The number of aryl methyl sites for hydroxylation is 1. The Bertz CT molecular complexity index is 780. The molecule has 0 aliphatic heterocycles. The van der Waals surface area contributed by atoms with Gasteiger partial charge in [-0.2, -0.15) is 5.10 Å². The average Bonchev–Trinajstić information content (AvgIpc) is 3.10. The smallest absolute Gasteiger partial charge is 0.257 e. The number of rotatable bonds is 3. The summed E-state index contributed by atoms with van der Waals surface area (Å²) in [6.07, 6.45) is 3.00. The van der Waals surface area contributed by atoms with Crippen molar-refractivity contribution in [2.45, 2.75) is 6.92 Å². The predicted octanol–water partition coefficient (Wildman–Crippen LogP) is 2.20. The molecule has 8 heteroatoms. The van der Waals surface area contributed by atoms with E-state index in [-0.39, 0.29) is 5.91 Å². The zero-order valence-corrected chi connectivity index (χ0v) is 11.8.